The molecule has 0 spiro atoms. The standard InChI is InChI=1S/C14H21NOS/c1-5-6-17-9-13(16)15-14-11(3)7-10(2)8-12(14)4/h7-8H,5-6,9H2,1-4H3,(H,15,16). The Hall–Kier alpha value is -0.960. The van der Waals surface area contributed by atoms with Crippen LogP contribution < -0.4 is 5.32 Å². The predicted octanol–water partition coefficient (Wildman–Crippen LogP) is 3.69. The lowest BCUT2D eigenvalue weighted by atomic mass is 10.1. The molecule has 3 heteroatoms. The van der Waals surface area contributed by atoms with Crippen molar-refractivity contribution in [2.75, 3.05) is 16.8 Å². The summed E-state index contributed by atoms with van der Waals surface area (Å²) in [5.41, 5.74) is 4.48. The molecule has 0 aromatic heterocycles. The molecule has 94 valence electrons. The summed E-state index contributed by atoms with van der Waals surface area (Å²) in [6.07, 6.45) is 1.11. The van der Waals surface area contributed by atoms with Crippen molar-refractivity contribution >= 4 is 23.4 Å². The van der Waals surface area contributed by atoms with Crippen molar-refractivity contribution in [1.82, 2.24) is 0 Å². The van der Waals surface area contributed by atoms with Crippen LogP contribution in [0.3, 0.4) is 0 Å². The molecule has 1 aromatic carbocycles. The summed E-state index contributed by atoms with van der Waals surface area (Å²) in [5, 5.41) is 3.00. The highest BCUT2D eigenvalue weighted by Gasteiger charge is 2.07. The molecule has 0 aliphatic heterocycles. The number of amides is 1. The lowest BCUT2D eigenvalue weighted by Crippen LogP contribution is -2.16. The molecule has 1 amide bonds. The number of anilines is 1. The smallest absolute Gasteiger partial charge is 0.234 e. The number of hydrogen-bond acceptors (Lipinski definition) is 2. The van der Waals surface area contributed by atoms with E-state index in [1.165, 1.54) is 5.56 Å². The van der Waals surface area contributed by atoms with Gasteiger partial charge in [0.2, 0.25) is 5.91 Å². The van der Waals surface area contributed by atoms with E-state index in [1.54, 1.807) is 11.8 Å². The van der Waals surface area contributed by atoms with E-state index < -0.39 is 0 Å². The van der Waals surface area contributed by atoms with Gasteiger partial charge in [-0.2, -0.15) is 11.8 Å². The number of aryl methyl sites for hydroxylation is 3. The first-order valence-electron chi connectivity index (χ1n) is 6.00. The van der Waals surface area contributed by atoms with Crippen molar-refractivity contribution in [2.24, 2.45) is 0 Å². The highest BCUT2D eigenvalue weighted by atomic mass is 32.2. The molecule has 1 aromatic rings. The molecule has 0 heterocycles. The van der Waals surface area contributed by atoms with Crippen LogP contribution >= 0.6 is 11.8 Å². The van der Waals surface area contributed by atoms with Gasteiger partial charge in [0.05, 0.1) is 5.75 Å². The Bertz CT molecular complexity index is 378. The molecule has 0 bridgehead atoms. The van der Waals surface area contributed by atoms with E-state index in [-0.39, 0.29) is 5.91 Å². The van der Waals surface area contributed by atoms with Crippen molar-refractivity contribution in [3.63, 3.8) is 0 Å². The number of benzene rings is 1. The van der Waals surface area contributed by atoms with Gasteiger partial charge in [-0.15, -0.1) is 0 Å². The Kier molecular flexibility index (Phi) is 5.56. The van der Waals surface area contributed by atoms with Gasteiger partial charge in [-0.05, 0) is 44.1 Å². The third kappa shape index (κ3) is 4.43. The zero-order chi connectivity index (χ0) is 12.8. The second-order valence-electron chi connectivity index (χ2n) is 4.37. The third-order valence-electron chi connectivity index (χ3n) is 2.52. The Morgan fingerprint density at radius 3 is 2.35 bits per heavy atom. The Morgan fingerprint density at radius 2 is 1.82 bits per heavy atom. The fourth-order valence-electron chi connectivity index (χ4n) is 1.86. The Morgan fingerprint density at radius 1 is 1.24 bits per heavy atom. The summed E-state index contributed by atoms with van der Waals surface area (Å²) in [5.74, 6) is 1.68. The van der Waals surface area contributed by atoms with Gasteiger partial charge in [0.1, 0.15) is 0 Å². The molecule has 2 nitrogen and oxygen atoms in total. The van der Waals surface area contributed by atoms with E-state index in [9.17, 15) is 4.79 Å². The topological polar surface area (TPSA) is 29.1 Å². The maximum Gasteiger partial charge on any atom is 0.234 e. The van der Waals surface area contributed by atoms with Gasteiger partial charge >= 0.3 is 0 Å². The summed E-state index contributed by atoms with van der Waals surface area (Å²) in [4.78, 5) is 11.7. The van der Waals surface area contributed by atoms with Gasteiger partial charge in [0.25, 0.3) is 0 Å². The minimum atomic E-state index is 0.0958. The number of hydrogen-bond donors (Lipinski definition) is 1. The average Bonchev–Trinajstić information content (AvgIpc) is 2.24. The van der Waals surface area contributed by atoms with E-state index in [4.69, 9.17) is 0 Å². The molecule has 0 unspecified atom stereocenters. The van der Waals surface area contributed by atoms with E-state index in [0.29, 0.717) is 5.75 Å². The number of carbonyl (C=O) groups is 1. The fourth-order valence-corrected chi connectivity index (χ4v) is 2.55. The average molecular weight is 251 g/mol. The van der Waals surface area contributed by atoms with Crippen LogP contribution in [0.1, 0.15) is 30.0 Å². The summed E-state index contributed by atoms with van der Waals surface area (Å²) < 4.78 is 0. The zero-order valence-corrected chi connectivity index (χ0v) is 11.9. The van der Waals surface area contributed by atoms with Gasteiger partial charge in [-0.25, -0.2) is 0 Å². The molecule has 0 saturated heterocycles. The molecule has 0 radical (unpaired) electrons. The summed E-state index contributed by atoms with van der Waals surface area (Å²) in [6, 6.07) is 4.20. The minimum Gasteiger partial charge on any atom is -0.325 e. The molecule has 17 heavy (non-hydrogen) atoms. The number of rotatable bonds is 5. The monoisotopic (exact) mass is 251 g/mol. The largest absolute Gasteiger partial charge is 0.325 e. The Balaban J connectivity index is 2.65. The zero-order valence-electron chi connectivity index (χ0n) is 11.1. The maximum absolute atomic E-state index is 11.7. The van der Waals surface area contributed by atoms with Crippen LogP contribution in [-0.2, 0) is 4.79 Å². The number of carbonyl (C=O) groups excluding carboxylic acids is 1. The highest BCUT2D eigenvalue weighted by molar-refractivity contribution is 7.99. The predicted molar refractivity (Wildman–Crippen MR) is 76.9 cm³/mol. The van der Waals surface area contributed by atoms with Crippen molar-refractivity contribution < 1.29 is 4.79 Å². The molecule has 1 rings (SSSR count). The lowest BCUT2D eigenvalue weighted by Gasteiger charge is -2.12. The summed E-state index contributed by atoms with van der Waals surface area (Å²) >= 11 is 1.68. The van der Waals surface area contributed by atoms with Crippen LogP contribution in [0.2, 0.25) is 0 Å². The first kappa shape index (κ1) is 14.1. The van der Waals surface area contributed by atoms with Gasteiger partial charge in [0, 0.05) is 5.69 Å². The third-order valence-corrected chi connectivity index (χ3v) is 3.69. The molecule has 0 aliphatic carbocycles. The maximum atomic E-state index is 11.7. The second kappa shape index (κ2) is 6.70. The molecule has 0 atom stereocenters. The Labute approximate surface area is 108 Å². The molecule has 1 N–H and O–H groups in total. The van der Waals surface area contributed by atoms with E-state index in [2.05, 4.69) is 31.3 Å². The molecule has 0 fully saturated rings. The SMILES string of the molecule is CCCSCC(=O)Nc1c(C)cc(C)cc1C. The fraction of sp³-hybridized carbons (Fsp3) is 0.500. The highest BCUT2D eigenvalue weighted by Crippen LogP contribution is 2.22. The van der Waals surface area contributed by atoms with Gasteiger partial charge < -0.3 is 5.32 Å². The summed E-state index contributed by atoms with van der Waals surface area (Å²) in [7, 11) is 0. The van der Waals surface area contributed by atoms with Gasteiger partial charge in [0.15, 0.2) is 0 Å². The van der Waals surface area contributed by atoms with Crippen LogP contribution in [0.4, 0.5) is 5.69 Å². The molecule has 0 aliphatic rings. The van der Waals surface area contributed by atoms with Gasteiger partial charge in [-0.1, -0.05) is 24.6 Å². The van der Waals surface area contributed by atoms with E-state index in [1.807, 2.05) is 13.8 Å². The molecule has 0 saturated carbocycles. The summed E-state index contributed by atoms with van der Waals surface area (Å²) in [6.45, 7) is 8.27. The number of nitrogens with one attached hydrogen (secondary N) is 1. The first-order chi connectivity index (χ1) is 8.04. The second-order valence-corrected chi connectivity index (χ2v) is 5.48. The van der Waals surface area contributed by atoms with Crippen molar-refractivity contribution in [1.29, 1.82) is 0 Å². The minimum absolute atomic E-state index is 0.0958. The van der Waals surface area contributed by atoms with Crippen molar-refractivity contribution in [3.8, 4) is 0 Å². The first-order valence-corrected chi connectivity index (χ1v) is 7.15. The van der Waals surface area contributed by atoms with Gasteiger partial charge in [-0.3, -0.25) is 4.79 Å². The van der Waals surface area contributed by atoms with E-state index >= 15 is 0 Å². The molecular weight excluding hydrogens is 230 g/mol. The van der Waals surface area contributed by atoms with Crippen LogP contribution in [0, 0.1) is 20.8 Å². The number of thioether (sulfide) groups is 1. The van der Waals surface area contributed by atoms with Crippen LogP contribution in [0.25, 0.3) is 0 Å². The molecular formula is C14H21NOS. The van der Waals surface area contributed by atoms with Crippen LogP contribution in [0.15, 0.2) is 12.1 Å². The van der Waals surface area contributed by atoms with Crippen molar-refractivity contribution in [3.05, 3.63) is 28.8 Å². The van der Waals surface area contributed by atoms with E-state index in [0.717, 1.165) is 29.0 Å². The van der Waals surface area contributed by atoms with Crippen LogP contribution in [0.5, 0.6) is 0 Å². The van der Waals surface area contributed by atoms with Crippen molar-refractivity contribution in [2.45, 2.75) is 34.1 Å². The lowest BCUT2D eigenvalue weighted by molar-refractivity contribution is -0.113. The van der Waals surface area contributed by atoms with Crippen LogP contribution in [-0.4, -0.2) is 17.4 Å². The normalized spacial score (nSPS) is 10.4. The quantitative estimate of drug-likeness (QED) is 0.809.